The SMILES string of the molecule is F[B-](F)(F)F.[Rh].c1ccc([PH+](CCOc2ccc(OCC[PH+](c3ccccc3)c3ccccc3)c3ccccc23)c2ccccc2)cc1. The molecule has 0 N–H and O–H groups in total. The van der Waals surface area contributed by atoms with Gasteiger partial charge in [0.05, 0.1) is 37.1 Å². The van der Waals surface area contributed by atoms with Gasteiger partial charge >= 0.3 is 7.25 Å². The van der Waals surface area contributed by atoms with Crippen LogP contribution in [-0.2, 0) is 19.5 Å². The molecule has 0 aromatic heterocycles. The number of fused-ring (bicyclic) bond motifs is 1. The fraction of sp³-hybridized carbons (Fsp3) is 0.105. The van der Waals surface area contributed by atoms with Gasteiger partial charge in [-0.2, -0.15) is 0 Å². The number of halogens is 4. The van der Waals surface area contributed by atoms with Gasteiger partial charge in [0, 0.05) is 30.3 Å². The van der Waals surface area contributed by atoms with E-state index in [1.165, 1.54) is 21.2 Å². The van der Waals surface area contributed by atoms with Crippen LogP contribution in [0.15, 0.2) is 158 Å². The second-order valence-corrected chi connectivity index (χ2v) is 15.9. The van der Waals surface area contributed by atoms with Gasteiger partial charge in [-0.05, 0) is 60.7 Å². The Bertz CT molecular complexity index is 1590. The van der Waals surface area contributed by atoms with Crippen molar-refractivity contribution in [2.75, 3.05) is 25.5 Å². The van der Waals surface area contributed by atoms with Crippen molar-refractivity contribution in [2.45, 2.75) is 0 Å². The summed E-state index contributed by atoms with van der Waals surface area (Å²) in [6.07, 6.45) is 1.99. The molecule has 6 rings (SSSR count). The molecule has 249 valence electrons. The Balaban J connectivity index is 0.000000808. The van der Waals surface area contributed by atoms with Crippen molar-refractivity contribution in [2.24, 2.45) is 0 Å². The average Bonchev–Trinajstić information content (AvgIpc) is 3.10. The Morgan fingerprint density at radius 1 is 0.396 bits per heavy atom. The molecule has 6 aromatic rings. The summed E-state index contributed by atoms with van der Waals surface area (Å²) < 4.78 is 52.0. The monoisotopic (exact) mass is 776 g/mol. The van der Waals surface area contributed by atoms with Crippen molar-refractivity contribution in [1.29, 1.82) is 0 Å². The van der Waals surface area contributed by atoms with Crippen LogP contribution in [0.1, 0.15) is 0 Å². The summed E-state index contributed by atoms with van der Waals surface area (Å²) in [5, 5.41) is 7.85. The molecule has 10 heteroatoms. The first-order valence-corrected chi connectivity index (χ1v) is 18.9. The summed E-state index contributed by atoms with van der Waals surface area (Å²) in [5.74, 6) is 1.83. The van der Waals surface area contributed by atoms with Gasteiger partial charge in [-0.1, -0.05) is 97.1 Å². The Morgan fingerprint density at radius 3 is 0.917 bits per heavy atom. The van der Waals surface area contributed by atoms with Gasteiger partial charge in [0.25, 0.3) is 0 Å². The molecule has 0 unspecified atom stereocenters. The summed E-state index contributed by atoms with van der Waals surface area (Å²) in [5.41, 5.74) is 0. The Labute approximate surface area is 294 Å². The van der Waals surface area contributed by atoms with Crippen molar-refractivity contribution in [3.8, 4) is 11.5 Å². The molecule has 0 aliphatic carbocycles. The third-order valence-corrected chi connectivity index (χ3v) is 13.1. The standard InChI is InChI=1S/C38H34O2P2.BF4.Rh/c1-5-15-31(16-6-1)41(32-17-7-2-8-18-32)29-27-39-37-25-26-38(36-24-14-13-23-35(36)37)40-28-30-42(33-19-9-3-10-20-33)34-21-11-4-12-22-34;2-1(3,4)5;/h1-26H,27-30H2;;/q;-1;/p+2. The number of ether oxygens (including phenoxy) is 2. The molecular weight excluding hydrogens is 740 g/mol. The fourth-order valence-corrected chi connectivity index (χ4v) is 10.3. The van der Waals surface area contributed by atoms with Gasteiger partial charge in [0.2, 0.25) is 0 Å². The predicted molar refractivity (Wildman–Crippen MR) is 196 cm³/mol. The predicted octanol–water partition coefficient (Wildman–Crippen LogP) is 8.63. The van der Waals surface area contributed by atoms with Gasteiger partial charge < -0.3 is 26.7 Å². The van der Waals surface area contributed by atoms with Crippen LogP contribution in [0.5, 0.6) is 11.5 Å². The van der Waals surface area contributed by atoms with E-state index in [9.17, 15) is 17.3 Å². The molecule has 0 bridgehead atoms. The summed E-state index contributed by atoms with van der Waals surface area (Å²) in [6.45, 7) is 1.34. The first kappa shape index (κ1) is 37.3. The van der Waals surface area contributed by atoms with E-state index in [2.05, 4.69) is 158 Å². The maximum absolute atomic E-state index is 9.75. The maximum Gasteiger partial charge on any atom is 0.673 e. The number of hydrogen-bond donors (Lipinski definition) is 0. The second-order valence-electron chi connectivity index (χ2n) is 10.7. The van der Waals surface area contributed by atoms with Crippen LogP contribution < -0.4 is 30.7 Å². The third-order valence-electron chi connectivity index (χ3n) is 7.55. The number of hydrogen-bond acceptors (Lipinski definition) is 2. The topological polar surface area (TPSA) is 18.5 Å². The number of rotatable bonds is 12. The Kier molecular flexibility index (Phi) is 14.6. The smallest absolute Gasteiger partial charge is 0.489 e. The van der Waals surface area contributed by atoms with Gasteiger partial charge in [-0.3, -0.25) is 0 Å². The van der Waals surface area contributed by atoms with Crippen LogP contribution in [-0.4, -0.2) is 32.8 Å². The Hall–Kier alpha value is -3.55. The van der Waals surface area contributed by atoms with E-state index < -0.39 is 23.1 Å². The quantitative estimate of drug-likeness (QED) is 0.0705. The molecular formula is C38H36BF4O2P2Rh+. The average molecular weight is 776 g/mol. The van der Waals surface area contributed by atoms with E-state index in [4.69, 9.17) is 9.47 Å². The minimum absolute atomic E-state index is 0. The van der Waals surface area contributed by atoms with Crippen LogP contribution in [0.25, 0.3) is 10.8 Å². The van der Waals surface area contributed by atoms with Crippen molar-refractivity contribution in [3.05, 3.63) is 158 Å². The Morgan fingerprint density at radius 2 is 0.646 bits per heavy atom. The van der Waals surface area contributed by atoms with Crippen LogP contribution in [0, 0.1) is 0 Å². The molecule has 2 nitrogen and oxygen atoms in total. The van der Waals surface area contributed by atoms with Crippen LogP contribution in [0.4, 0.5) is 17.3 Å². The van der Waals surface area contributed by atoms with Gasteiger partial charge in [0.15, 0.2) is 0 Å². The fourth-order valence-electron chi connectivity index (χ4n) is 5.49. The molecule has 0 aliphatic heterocycles. The second kappa shape index (κ2) is 18.8. The molecule has 6 aromatic carbocycles. The zero-order valence-electron chi connectivity index (χ0n) is 26.1. The van der Waals surface area contributed by atoms with Crippen molar-refractivity contribution >= 4 is 55.1 Å². The van der Waals surface area contributed by atoms with Crippen molar-refractivity contribution in [1.82, 2.24) is 0 Å². The van der Waals surface area contributed by atoms with Crippen molar-refractivity contribution in [3.63, 3.8) is 0 Å². The van der Waals surface area contributed by atoms with Gasteiger partial charge in [0.1, 0.15) is 37.0 Å². The maximum atomic E-state index is 9.75. The van der Waals surface area contributed by atoms with Gasteiger partial charge in [-0.25, -0.2) is 0 Å². The third kappa shape index (κ3) is 11.3. The van der Waals surface area contributed by atoms with E-state index in [0.29, 0.717) is 13.2 Å². The van der Waals surface area contributed by atoms with E-state index in [1.54, 1.807) is 0 Å². The molecule has 0 fully saturated rings. The summed E-state index contributed by atoms with van der Waals surface area (Å²) in [7, 11) is -7.88. The van der Waals surface area contributed by atoms with Crippen LogP contribution in [0.2, 0.25) is 0 Å². The largest absolute Gasteiger partial charge is 0.673 e. The van der Waals surface area contributed by atoms with Crippen LogP contribution in [0.3, 0.4) is 0 Å². The van der Waals surface area contributed by atoms with E-state index in [1.807, 2.05) is 0 Å². The first-order valence-electron chi connectivity index (χ1n) is 15.4. The molecule has 1 radical (unpaired) electrons. The minimum atomic E-state index is -6.00. The zero-order chi connectivity index (χ0) is 32.9. The molecule has 0 aliphatic rings. The summed E-state index contributed by atoms with van der Waals surface area (Å²) in [4.78, 5) is 0. The minimum Gasteiger partial charge on any atom is -0.489 e. The molecule has 48 heavy (non-hydrogen) atoms. The van der Waals surface area contributed by atoms with E-state index in [0.717, 1.165) is 34.6 Å². The summed E-state index contributed by atoms with van der Waals surface area (Å²) in [6, 6.07) is 56.1. The normalized spacial score (nSPS) is 11.0. The van der Waals surface area contributed by atoms with E-state index >= 15 is 0 Å². The van der Waals surface area contributed by atoms with Gasteiger partial charge in [-0.15, -0.1) is 0 Å². The first-order chi connectivity index (χ1) is 22.9. The molecule has 0 saturated heterocycles. The molecule has 0 atom stereocenters. The van der Waals surface area contributed by atoms with Crippen LogP contribution >= 0.6 is 15.8 Å². The summed E-state index contributed by atoms with van der Waals surface area (Å²) >= 11 is 0. The molecule has 0 saturated carbocycles. The van der Waals surface area contributed by atoms with E-state index in [-0.39, 0.29) is 19.5 Å². The zero-order valence-corrected chi connectivity index (χ0v) is 29.7. The van der Waals surface area contributed by atoms with Crippen molar-refractivity contribution < 1.29 is 46.2 Å². The molecule has 0 spiro atoms. The molecule has 0 heterocycles. The molecule has 0 amide bonds. The number of benzene rings is 6.